The number of aliphatic hydroxyl groups excluding tert-OH is 1. The molecule has 0 saturated heterocycles. The summed E-state index contributed by atoms with van der Waals surface area (Å²) in [6.07, 6.45) is 3.76. The molecule has 0 unspecified atom stereocenters. The van der Waals surface area contributed by atoms with Gasteiger partial charge in [-0.2, -0.15) is 0 Å². The lowest BCUT2D eigenvalue weighted by Crippen LogP contribution is -2.06. The Morgan fingerprint density at radius 1 is 1.38 bits per heavy atom. The number of hydrogen-bond donors (Lipinski definition) is 2. The fraction of sp³-hybridized carbons (Fsp3) is 0.267. The first kappa shape index (κ1) is 14.9. The first-order valence-electron chi connectivity index (χ1n) is 6.53. The number of hydrogen-bond acceptors (Lipinski definition) is 6. The van der Waals surface area contributed by atoms with Crippen LogP contribution in [0.5, 0.6) is 17.2 Å². The van der Waals surface area contributed by atoms with Crippen molar-refractivity contribution in [2.24, 2.45) is 0 Å². The minimum atomic E-state index is -0.805. The third kappa shape index (κ3) is 3.17. The van der Waals surface area contributed by atoms with Gasteiger partial charge in [-0.05, 0) is 24.6 Å². The summed E-state index contributed by atoms with van der Waals surface area (Å²) in [6.45, 7) is 1.80. The fourth-order valence-electron chi connectivity index (χ4n) is 1.75. The summed E-state index contributed by atoms with van der Waals surface area (Å²) in [5.74, 6) is -0.312. The summed E-state index contributed by atoms with van der Waals surface area (Å²) < 4.78 is 15.5. The molecule has 1 aromatic heterocycles. The molecule has 6 nitrogen and oxygen atoms in total. The third-order valence-corrected chi connectivity index (χ3v) is 2.70. The Morgan fingerprint density at radius 3 is 2.90 bits per heavy atom. The summed E-state index contributed by atoms with van der Waals surface area (Å²) >= 11 is 0. The van der Waals surface area contributed by atoms with E-state index in [2.05, 4.69) is 0 Å². The average Bonchev–Trinajstić information content (AvgIpc) is 2.49. The molecule has 1 heterocycles. The SMILES string of the molecule is CCC=COc1c(O)c2cccc(OCCO)c2oc1=O. The molecule has 1 aromatic carbocycles. The number of aliphatic hydroxyl groups is 1. The Labute approximate surface area is 120 Å². The number of benzene rings is 1. The monoisotopic (exact) mass is 292 g/mol. The second-order valence-electron chi connectivity index (χ2n) is 4.17. The van der Waals surface area contributed by atoms with Gasteiger partial charge in [-0.15, -0.1) is 0 Å². The molecule has 0 aliphatic heterocycles. The predicted octanol–water partition coefficient (Wildman–Crippen LogP) is 2.17. The molecular weight excluding hydrogens is 276 g/mol. The molecule has 0 amide bonds. The number of aromatic hydroxyl groups is 1. The van der Waals surface area contributed by atoms with E-state index in [1.165, 1.54) is 6.26 Å². The predicted molar refractivity (Wildman–Crippen MR) is 76.8 cm³/mol. The van der Waals surface area contributed by atoms with Gasteiger partial charge in [-0.1, -0.05) is 13.0 Å². The summed E-state index contributed by atoms with van der Waals surface area (Å²) in [7, 11) is 0. The third-order valence-electron chi connectivity index (χ3n) is 2.70. The lowest BCUT2D eigenvalue weighted by atomic mass is 10.2. The highest BCUT2D eigenvalue weighted by Gasteiger charge is 2.17. The van der Waals surface area contributed by atoms with Crippen molar-refractivity contribution in [2.45, 2.75) is 13.3 Å². The van der Waals surface area contributed by atoms with E-state index in [4.69, 9.17) is 19.0 Å². The lowest BCUT2D eigenvalue weighted by Gasteiger charge is -2.09. The van der Waals surface area contributed by atoms with Crippen LogP contribution >= 0.6 is 0 Å². The quantitative estimate of drug-likeness (QED) is 0.626. The standard InChI is InChI=1S/C15H16O6/c1-2-3-8-20-14-12(17)10-5-4-6-11(19-9-7-16)13(10)21-15(14)18/h3-6,8,16-17H,2,7,9H2,1H3. The van der Waals surface area contributed by atoms with Gasteiger partial charge in [0.15, 0.2) is 17.1 Å². The molecule has 0 fully saturated rings. The van der Waals surface area contributed by atoms with Gasteiger partial charge in [-0.25, -0.2) is 4.79 Å². The molecule has 112 valence electrons. The van der Waals surface area contributed by atoms with Gasteiger partial charge in [0.25, 0.3) is 5.75 Å². The molecule has 21 heavy (non-hydrogen) atoms. The van der Waals surface area contributed by atoms with Crippen molar-refractivity contribution in [1.82, 2.24) is 0 Å². The van der Waals surface area contributed by atoms with Crippen molar-refractivity contribution >= 4 is 11.0 Å². The Hall–Kier alpha value is -2.47. The highest BCUT2D eigenvalue weighted by atomic mass is 16.5. The highest BCUT2D eigenvalue weighted by molar-refractivity contribution is 5.89. The maximum atomic E-state index is 11.9. The summed E-state index contributed by atoms with van der Waals surface area (Å²) in [4.78, 5) is 11.9. The topological polar surface area (TPSA) is 89.1 Å². The molecule has 0 spiro atoms. The van der Waals surface area contributed by atoms with Crippen LogP contribution in [0.1, 0.15) is 13.3 Å². The zero-order chi connectivity index (χ0) is 15.2. The van der Waals surface area contributed by atoms with E-state index in [0.29, 0.717) is 5.39 Å². The summed E-state index contributed by atoms with van der Waals surface area (Å²) in [5.41, 5.74) is -0.693. The zero-order valence-electron chi connectivity index (χ0n) is 11.5. The van der Waals surface area contributed by atoms with Crippen molar-refractivity contribution in [3.63, 3.8) is 0 Å². The maximum absolute atomic E-state index is 11.9. The maximum Gasteiger partial charge on any atom is 0.383 e. The van der Waals surface area contributed by atoms with Gasteiger partial charge < -0.3 is 24.1 Å². The number of para-hydroxylation sites is 1. The Bertz CT molecular complexity index is 701. The number of rotatable bonds is 6. The second-order valence-corrected chi connectivity index (χ2v) is 4.17. The number of allylic oxidation sites excluding steroid dienone is 1. The van der Waals surface area contributed by atoms with Crippen molar-refractivity contribution in [3.8, 4) is 17.2 Å². The molecule has 6 heteroatoms. The van der Waals surface area contributed by atoms with E-state index in [1.807, 2.05) is 6.92 Å². The molecule has 2 rings (SSSR count). The molecule has 0 bridgehead atoms. The Balaban J connectivity index is 2.52. The fourth-order valence-corrected chi connectivity index (χ4v) is 1.75. The van der Waals surface area contributed by atoms with Crippen LogP contribution < -0.4 is 15.1 Å². The van der Waals surface area contributed by atoms with Crippen molar-refractivity contribution in [1.29, 1.82) is 0 Å². The van der Waals surface area contributed by atoms with E-state index < -0.39 is 5.63 Å². The highest BCUT2D eigenvalue weighted by Crippen LogP contribution is 2.35. The minimum absolute atomic E-state index is 0.0566. The van der Waals surface area contributed by atoms with Gasteiger partial charge in [-0.3, -0.25) is 0 Å². The van der Waals surface area contributed by atoms with Gasteiger partial charge in [0.2, 0.25) is 0 Å². The van der Waals surface area contributed by atoms with E-state index in [-0.39, 0.29) is 36.0 Å². The largest absolute Gasteiger partial charge is 0.504 e. The molecule has 0 aliphatic carbocycles. The first-order chi connectivity index (χ1) is 10.2. The van der Waals surface area contributed by atoms with E-state index in [0.717, 1.165) is 6.42 Å². The van der Waals surface area contributed by atoms with Gasteiger partial charge in [0.05, 0.1) is 18.3 Å². The van der Waals surface area contributed by atoms with Gasteiger partial charge in [0, 0.05) is 0 Å². The number of fused-ring (bicyclic) bond motifs is 1. The second kappa shape index (κ2) is 6.81. The molecule has 0 radical (unpaired) electrons. The average molecular weight is 292 g/mol. The van der Waals surface area contributed by atoms with Gasteiger partial charge in [0.1, 0.15) is 6.61 Å². The molecule has 0 aliphatic rings. The molecule has 0 atom stereocenters. The van der Waals surface area contributed by atoms with Crippen LogP contribution in [0.25, 0.3) is 11.0 Å². The normalized spacial score (nSPS) is 11.1. The van der Waals surface area contributed by atoms with Crippen LogP contribution in [0.2, 0.25) is 0 Å². The van der Waals surface area contributed by atoms with Crippen molar-refractivity contribution in [3.05, 3.63) is 41.0 Å². The van der Waals surface area contributed by atoms with Crippen LogP contribution in [0.4, 0.5) is 0 Å². The Kier molecular flexibility index (Phi) is 4.84. The van der Waals surface area contributed by atoms with Gasteiger partial charge >= 0.3 is 5.63 Å². The molecule has 0 saturated carbocycles. The van der Waals surface area contributed by atoms with Crippen LogP contribution in [-0.2, 0) is 0 Å². The summed E-state index contributed by atoms with van der Waals surface area (Å²) in [6, 6.07) is 4.80. The van der Waals surface area contributed by atoms with Crippen molar-refractivity contribution < 1.29 is 24.1 Å². The van der Waals surface area contributed by atoms with Crippen molar-refractivity contribution in [2.75, 3.05) is 13.2 Å². The van der Waals surface area contributed by atoms with E-state index in [1.54, 1.807) is 24.3 Å². The smallest absolute Gasteiger partial charge is 0.383 e. The molecular formula is C15H16O6. The molecule has 2 N–H and O–H groups in total. The first-order valence-corrected chi connectivity index (χ1v) is 6.53. The minimum Gasteiger partial charge on any atom is -0.504 e. The van der Waals surface area contributed by atoms with E-state index in [9.17, 15) is 9.90 Å². The van der Waals surface area contributed by atoms with Crippen LogP contribution in [0.3, 0.4) is 0 Å². The zero-order valence-corrected chi connectivity index (χ0v) is 11.5. The van der Waals surface area contributed by atoms with Crippen LogP contribution in [0.15, 0.2) is 39.7 Å². The summed E-state index contributed by atoms with van der Waals surface area (Å²) in [5, 5.41) is 19.2. The number of ether oxygens (including phenoxy) is 2. The molecule has 2 aromatic rings. The lowest BCUT2D eigenvalue weighted by molar-refractivity contribution is 0.201. The van der Waals surface area contributed by atoms with Crippen LogP contribution in [0, 0.1) is 0 Å². The Morgan fingerprint density at radius 2 is 2.19 bits per heavy atom. The van der Waals surface area contributed by atoms with E-state index >= 15 is 0 Å². The van der Waals surface area contributed by atoms with Crippen LogP contribution in [-0.4, -0.2) is 23.4 Å².